The normalized spacial score (nSPS) is 21.0. The van der Waals surface area contributed by atoms with E-state index in [4.69, 9.17) is 17.0 Å². The van der Waals surface area contributed by atoms with Crippen LogP contribution < -0.4 is 10.6 Å². The van der Waals surface area contributed by atoms with Crippen molar-refractivity contribution in [2.24, 2.45) is 5.92 Å². The molecule has 0 aromatic heterocycles. The van der Waals surface area contributed by atoms with Crippen LogP contribution in [0.2, 0.25) is 0 Å². The van der Waals surface area contributed by atoms with Crippen LogP contribution in [-0.2, 0) is 4.74 Å². The van der Waals surface area contributed by atoms with Crippen LogP contribution in [0.1, 0.15) is 48.5 Å². The minimum absolute atomic E-state index is 0.345. The molecule has 5 heteroatoms. The fourth-order valence-electron chi connectivity index (χ4n) is 2.86. The van der Waals surface area contributed by atoms with E-state index >= 15 is 0 Å². The fourth-order valence-corrected chi connectivity index (χ4v) is 3.12. The quantitative estimate of drug-likeness (QED) is 0.658. The Balaban J connectivity index is 2.03. The summed E-state index contributed by atoms with van der Waals surface area (Å²) >= 11 is 5.43. The first-order valence-corrected chi connectivity index (χ1v) is 8.18. The van der Waals surface area contributed by atoms with Gasteiger partial charge in [0.25, 0.3) is 0 Å². The molecule has 1 saturated carbocycles. The number of aryl methyl sites for hydroxylation is 1. The summed E-state index contributed by atoms with van der Waals surface area (Å²) in [5.74, 6) is 0.291. The minimum atomic E-state index is -0.345. The van der Waals surface area contributed by atoms with Crippen molar-refractivity contribution in [1.29, 1.82) is 0 Å². The van der Waals surface area contributed by atoms with Gasteiger partial charge in [0.2, 0.25) is 0 Å². The Bertz CT molecular complexity index is 560. The summed E-state index contributed by atoms with van der Waals surface area (Å²) in [6, 6.07) is 5.85. The average molecular weight is 320 g/mol. The van der Waals surface area contributed by atoms with Gasteiger partial charge in [-0.3, -0.25) is 0 Å². The number of methoxy groups -OCH3 is 1. The summed E-state index contributed by atoms with van der Waals surface area (Å²) in [7, 11) is 1.38. The van der Waals surface area contributed by atoms with Gasteiger partial charge in [0.05, 0.1) is 12.7 Å². The molecule has 0 heterocycles. The van der Waals surface area contributed by atoms with Crippen LogP contribution >= 0.6 is 12.2 Å². The summed E-state index contributed by atoms with van der Waals surface area (Å²) in [6.07, 6.45) is 4.96. The highest BCUT2D eigenvalue weighted by molar-refractivity contribution is 7.80. The van der Waals surface area contributed by atoms with Gasteiger partial charge in [0, 0.05) is 11.7 Å². The lowest BCUT2D eigenvalue weighted by molar-refractivity contribution is 0.0601. The number of hydrogen-bond donors (Lipinski definition) is 2. The maximum absolute atomic E-state index is 11.6. The second-order valence-corrected chi connectivity index (χ2v) is 6.40. The predicted molar refractivity (Wildman–Crippen MR) is 93.3 cm³/mol. The zero-order chi connectivity index (χ0) is 16.1. The van der Waals surface area contributed by atoms with Gasteiger partial charge in [-0.05, 0) is 55.6 Å². The number of hydrogen-bond acceptors (Lipinski definition) is 3. The standard InChI is InChI=1S/C17H24N2O2S/c1-11-6-4-5-7-14(11)18-17(22)19-15-10-13(16(20)21-3)9-8-12(15)2/h8-11,14H,4-7H2,1-3H3,(H2,18,19,22)/t11-,14-/m1/s1. The minimum Gasteiger partial charge on any atom is -0.465 e. The molecule has 1 fully saturated rings. The van der Waals surface area contributed by atoms with Crippen molar-refractivity contribution in [2.75, 3.05) is 12.4 Å². The number of carbonyl (C=O) groups is 1. The average Bonchev–Trinajstić information content (AvgIpc) is 2.51. The molecule has 22 heavy (non-hydrogen) atoms. The molecule has 1 aliphatic carbocycles. The summed E-state index contributed by atoms with van der Waals surface area (Å²) in [6.45, 7) is 4.25. The smallest absolute Gasteiger partial charge is 0.337 e. The van der Waals surface area contributed by atoms with E-state index in [1.807, 2.05) is 13.0 Å². The second-order valence-electron chi connectivity index (χ2n) is 5.99. The van der Waals surface area contributed by atoms with Crippen LogP contribution in [0.3, 0.4) is 0 Å². The van der Waals surface area contributed by atoms with Gasteiger partial charge in [-0.2, -0.15) is 0 Å². The fraction of sp³-hybridized carbons (Fsp3) is 0.529. The Labute approximate surface area is 137 Å². The zero-order valence-corrected chi connectivity index (χ0v) is 14.3. The number of rotatable bonds is 3. The van der Waals surface area contributed by atoms with E-state index < -0.39 is 0 Å². The Kier molecular flexibility index (Phi) is 5.77. The summed E-state index contributed by atoms with van der Waals surface area (Å²) in [4.78, 5) is 11.6. The molecule has 1 aliphatic rings. The molecule has 1 aromatic carbocycles. The van der Waals surface area contributed by atoms with Crippen LogP contribution in [0, 0.1) is 12.8 Å². The highest BCUT2D eigenvalue weighted by atomic mass is 32.1. The first kappa shape index (κ1) is 16.7. The van der Waals surface area contributed by atoms with Gasteiger partial charge in [-0.1, -0.05) is 25.8 Å². The largest absolute Gasteiger partial charge is 0.465 e. The van der Waals surface area contributed by atoms with Crippen molar-refractivity contribution in [1.82, 2.24) is 5.32 Å². The van der Waals surface area contributed by atoms with Gasteiger partial charge in [-0.15, -0.1) is 0 Å². The molecule has 0 spiro atoms. The van der Waals surface area contributed by atoms with E-state index in [0.29, 0.717) is 22.6 Å². The lowest BCUT2D eigenvalue weighted by Gasteiger charge is -2.30. The van der Waals surface area contributed by atoms with Gasteiger partial charge in [0.1, 0.15) is 0 Å². The number of thiocarbonyl (C=S) groups is 1. The number of esters is 1. The van der Waals surface area contributed by atoms with E-state index in [1.165, 1.54) is 26.4 Å². The van der Waals surface area contributed by atoms with E-state index in [-0.39, 0.29) is 5.97 Å². The number of nitrogens with one attached hydrogen (secondary N) is 2. The monoisotopic (exact) mass is 320 g/mol. The lowest BCUT2D eigenvalue weighted by Crippen LogP contribution is -2.43. The van der Waals surface area contributed by atoms with Crippen molar-refractivity contribution in [2.45, 2.75) is 45.6 Å². The van der Waals surface area contributed by atoms with Gasteiger partial charge in [-0.25, -0.2) is 4.79 Å². The van der Waals surface area contributed by atoms with Crippen LogP contribution in [0.15, 0.2) is 18.2 Å². The Morgan fingerprint density at radius 1 is 1.32 bits per heavy atom. The highest BCUT2D eigenvalue weighted by Crippen LogP contribution is 2.24. The summed E-state index contributed by atoms with van der Waals surface area (Å²) in [5.41, 5.74) is 2.39. The second kappa shape index (κ2) is 7.58. The molecule has 2 atom stereocenters. The molecule has 120 valence electrons. The van der Waals surface area contributed by atoms with Gasteiger partial charge in [0.15, 0.2) is 5.11 Å². The van der Waals surface area contributed by atoms with Crippen molar-refractivity contribution >= 4 is 29.0 Å². The van der Waals surface area contributed by atoms with Crippen molar-refractivity contribution < 1.29 is 9.53 Å². The number of ether oxygens (including phenoxy) is 1. The summed E-state index contributed by atoms with van der Waals surface area (Å²) < 4.78 is 4.76. The lowest BCUT2D eigenvalue weighted by atomic mass is 9.86. The highest BCUT2D eigenvalue weighted by Gasteiger charge is 2.21. The molecule has 0 bridgehead atoms. The number of benzene rings is 1. The van der Waals surface area contributed by atoms with Crippen LogP contribution in [0.25, 0.3) is 0 Å². The molecule has 2 rings (SSSR count). The van der Waals surface area contributed by atoms with E-state index in [0.717, 1.165) is 17.7 Å². The molecule has 2 N–H and O–H groups in total. The summed E-state index contributed by atoms with van der Waals surface area (Å²) in [5, 5.41) is 7.24. The maximum Gasteiger partial charge on any atom is 0.337 e. The van der Waals surface area contributed by atoms with Crippen LogP contribution in [0.4, 0.5) is 5.69 Å². The zero-order valence-electron chi connectivity index (χ0n) is 13.4. The van der Waals surface area contributed by atoms with Crippen molar-refractivity contribution in [3.8, 4) is 0 Å². The topological polar surface area (TPSA) is 50.4 Å². The van der Waals surface area contributed by atoms with Crippen LogP contribution in [-0.4, -0.2) is 24.2 Å². The predicted octanol–water partition coefficient (Wildman–Crippen LogP) is 3.65. The molecule has 0 unspecified atom stereocenters. The van der Waals surface area contributed by atoms with Crippen LogP contribution in [0.5, 0.6) is 0 Å². The molecule has 1 aromatic rings. The Morgan fingerprint density at radius 3 is 2.73 bits per heavy atom. The Hall–Kier alpha value is -1.62. The molecule has 0 amide bonds. The maximum atomic E-state index is 11.6. The van der Waals surface area contributed by atoms with Crippen molar-refractivity contribution in [3.05, 3.63) is 29.3 Å². The molecule has 4 nitrogen and oxygen atoms in total. The number of anilines is 1. The Morgan fingerprint density at radius 2 is 2.05 bits per heavy atom. The molecular weight excluding hydrogens is 296 g/mol. The first-order chi connectivity index (χ1) is 10.5. The molecular formula is C17H24N2O2S. The van der Waals surface area contributed by atoms with Gasteiger partial charge < -0.3 is 15.4 Å². The van der Waals surface area contributed by atoms with E-state index in [2.05, 4.69) is 17.6 Å². The van der Waals surface area contributed by atoms with E-state index in [9.17, 15) is 4.79 Å². The SMILES string of the molecule is COC(=O)c1ccc(C)c(NC(=S)N[C@@H]2CCCC[C@H]2C)c1. The third-order valence-electron chi connectivity index (χ3n) is 4.33. The molecule has 0 aliphatic heterocycles. The number of carbonyl (C=O) groups excluding carboxylic acids is 1. The molecule has 0 saturated heterocycles. The van der Waals surface area contributed by atoms with Crippen molar-refractivity contribution in [3.63, 3.8) is 0 Å². The third kappa shape index (κ3) is 4.19. The molecule has 0 radical (unpaired) electrons. The third-order valence-corrected chi connectivity index (χ3v) is 4.55. The van der Waals surface area contributed by atoms with E-state index in [1.54, 1.807) is 12.1 Å². The first-order valence-electron chi connectivity index (χ1n) is 7.77. The van der Waals surface area contributed by atoms with Gasteiger partial charge >= 0.3 is 5.97 Å².